The summed E-state index contributed by atoms with van der Waals surface area (Å²) in [6.07, 6.45) is 11.4. The molecule has 5 heteroatoms. The molecule has 0 aliphatic carbocycles. The zero-order valence-electron chi connectivity index (χ0n) is 14.1. The number of aromatic nitrogens is 4. The number of allylic oxidation sites excluding steroid dienone is 1. The quantitative estimate of drug-likeness (QED) is 0.513. The van der Waals surface area contributed by atoms with Crippen molar-refractivity contribution >= 4 is 6.20 Å². The lowest BCUT2D eigenvalue weighted by atomic mass is 10.1. The van der Waals surface area contributed by atoms with Gasteiger partial charge in [0.2, 0.25) is 0 Å². The average molecular weight is 342 g/mol. The molecule has 2 aromatic heterocycles. The maximum atomic E-state index is 5.97. The minimum Gasteiger partial charge on any atom is -0.457 e. The molecule has 26 heavy (non-hydrogen) atoms. The van der Waals surface area contributed by atoms with E-state index in [1.807, 2.05) is 83.9 Å². The zero-order chi connectivity index (χ0) is 17.6. The standard InChI is InChI=1S/C21H18N4O/c1-2-8-19(9-3-1)26-20-10-4-7-18(17-20)21(25-15-6-13-23-25)11-16-24-14-5-12-22-24/h1-17,21H/b16-11+. The number of para-hydroxylation sites is 1. The van der Waals surface area contributed by atoms with Crippen LogP contribution in [0.4, 0.5) is 0 Å². The van der Waals surface area contributed by atoms with Gasteiger partial charge in [-0.05, 0) is 48.0 Å². The first-order chi connectivity index (χ1) is 12.9. The summed E-state index contributed by atoms with van der Waals surface area (Å²) in [5, 5.41) is 8.61. The van der Waals surface area contributed by atoms with Gasteiger partial charge >= 0.3 is 0 Å². The van der Waals surface area contributed by atoms with Crippen molar-refractivity contribution in [1.82, 2.24) is 19.6 Å². The number of hydrogen-bond donors (Lipinski definition) is 0. The highest BCUT2D eigenvalue weighted by atomic mass is 16.5. The Bertz CT molecular complexity index is 960. The van der Waals surface area contributed by atoms with Crippen LogP contribution in [0.1, 0.15) is 11.6 Å². The predicted molar refractivity (Wildman–Crippen MR) is 101 cm³/mol. The fraction of sp³-hybridized carbons (Fsp3) is 0.0476. The van der Waals surface area contributed by atoms with Gasteiger partial charge in [-0.1, -0.05) is 30.3 Å². The molecule has 0 saturated carbocycles. The number of ether oxygens (including phenoxy) is 1. The van der Waals surface area contributed by atoms with Gasteiger partial charge in [0.25, 0.3) is 0 Å². The van der Waals surface area contributed by atoms with E-state index in [4.69, 9.17) is 4.74 Å². The highest BCUT2D eigenvalue weighted by Crippen LogP contribution is 2.27. The van der Waals surface area contributed by atoms with Crippen molar-refractivity contribution in [2.24, 2.45) is 0 Å². The highest BCUT2D eigenvalue weighted by molar-refractivity contribution is 5.38. The van der Waals surface area contributed by atoms with Crippen molar-refractivity contribution in [3.8, 4) is 11.5 Å². The second-order valence-electron chi connectivity index (χ2n) is 5.75. The van der Waals surface area contributed by atoms with Crippen molar-refractivity contribution < 1.29 is 4.74 Å². The molecule has 0 aliphatic rings. The first-order valence-electron chi connectivity index (χ1n) is 8.38. The van der Waals surface area contributed by atoms with Gasteiger partial charge in [0.1, 0.15) is 11.5 Å². The third kappa shape index (κ3) is 3.72. The van der Waals surface area contributed by atoms with Gasteiger partial charge in [-0.25, -0.2) is 4.68 Å². The van der Waals surface area contributed by atoms with Crippen molar-refractivity contribution in [3.05, 3.63) is 103 Å². The molecular formula is C21H18N4O. The van der Waals surface area contributed by atoms with Crippen LogP contribution in [0.15, 0.2) is 97.6 Å². The number of hydrogen-bond acceptors (Lipinski definition) is 3. The summed E-state index contributed by atoms with van der Waals surface area (Å²) in [5.41, 5.74) is 1.07. The maximum Gasteiger partial charge on any atom is 0.127 e. The van der Waals surface area contributed by atoms with Gasteiger partial charge in [-0.3, -0.25) is 4.68 Å². The van der Waals surface area contributed by atoms with Gasteiger partial charge in [-0.2, -0.15) is 10.2 Å². The minimum absolute atomic E-state index is 0.0616. The first-order valence-corrected chi connectivity index (χ1v) is 8.38. The van der Waals surface area contributed by atoms with Gasteiger partial charge < -0.3 is 4.74 Å². The summed E-state index contributed by atoms with van der Waals surface area (Å²) < 4.78 is 9.63. The van der Waals surface area contributed by atoms with Crippen molar-refractivity contribution in [3.63, 3.8) is 0 Å². The molecule has 0 bridgehead atoms. The predicted octanol–water partition coefficient (Wildman–Crippen LogP) is 4.63. The van der Waals surface area contributed by atoms with E-state index in [-0.39, 0.29) is 6.04 Å². The molecule has 128 valence electrons. The molecule has 0 saturated heterocycles. The van der Waals surface area contributed by atoms with Crippen LogP contribution in [-0.2, 0) is 0 Å². The van der Waals surface area contributed by atoms with Gasteiger partial charge in [0, 0.05) is 31.0 Å². The molecule has 2 aromatic carbocycles. The molecule has 0 N–H and O–H groups in total. The normalized spacial score (nSPS) is 12.3. The van der Waals surface area contributed by atoms with E-state index in [1.165, 1.54) is 0 Å². The van der Waals surface area contributed by atoms with Crippen LogP contribution in [0.3, 0.4) is 0 Å². The summed E-state index contributed by atoms with van der Waals surface area (Å²) >= 11 is 0. The average Bonchev–Trinajstić information content (AvgIpc) is 3.37. The third-order valence-corrected chi connectivity index (χ3v) is 3.93. The molecule has 4 rings (SSSR count). The van der Waals surface area contributed by atoms with Crippen LogP contribution in [0.2, 0.25) is 0 Å². The molecule has 0 aliphatic heterocycles. The lowest BCUT2D eigenvalue weighted by Crippen LogP contribution is -2.09. The first kappa shape index (κ1) is 15.9. The topological polar surface area (TPSA) is 44.9 Å². The number of nitrogens with zero attached hydrogens (tertiary/aromatic N) is 4. The molecule has 1 atom stereocenters. The Kier molecular flexibility index (Phi) is 4.60. The van der Waals surface area contributed by atoms with Gasteiger partial charge in [-0.15, -0.1) is 0 Å². The largest absolute Gasteiger partial charge is 0.457 e. The van der Waals surface area contributed by atoms with E-state index in [9.17, 15) is 0 Å². The van der Waals surface area contributed by atoms with Crippen LogP contribution in [0.25, 0.3) is 6.20 Å². The van der Waals surface area contributed by atoms with Gasteiger partial charge in [0.05, 0.1) is 6.04 Å². The SMILES string of the molecule is C(=C\n1cccn1)/C(c1cccc(Oc2ccccc2)c1)n1cccn1. The summed E-state index contributed by atoms with van der Waals surface area (Å²) in [6, 6.07) is 21.6. The number of rotatable bonds is 6. The second kappa shape index (κ2) is 7.53. The highest BCUT2D eigenvalue weighted by Gasteiger charge is 2.12. The second-order valence-corrected chi connectivity index (χ2v) is 5.75. The Morgan fingerprint density at radius 1 is 0.808 bits per heavy atom. The summed E-state index contributed by atoms with van der Waals surface area (Å²) in [4.78, 5) is 0. The molecule has 0 fully saturated rings. The minimum atomic E-state index is -0.0616. The summed E-state index contributed by atoms with van der Waals surface area (Å²) in [7, 11) is 0. The fourth-order valence-electron chi connectivity index (χ4n) is 2.72. The van der Waals surface area contributed by atoms with Crippen LogP contribution < -0.4 is 4.74 Å². The molecule has 1 unspecified atom stereocenters. The van der Waals surface area contributed by atoms with Crippen molar-refractivity contribution in [2.75, 3.05) is 0 Å². The zero-order valence-corrected chi connectivity index (χ0v) is 14.1. The van der Waals surface area contributed by atoms with E-state index >= 15 is 0 Å². The summed E-state index contributed by atoms with van der Waals surface area (Å²) in [5.74, 6) is 1.60. The Labute approximate surface area is 151 Å². The molecule has 0 amide bonds. The molecule has 0 spiro atoms. The van der Waals surface area contributed by atoms with Gasteiger partial charge in [0.15, 0.2) is 0 Å². The fourth-order valence-corrected chi connectivity index (χ4v) is 2.72. The van der Waals surface area contributed by atoms with Crippen LogP contribution >= 0.6 is 0 Å². The molecule has 0 radical (unpaired) electrons. The third-order valence-electron chi connectivity index (χ3n) is 3.93. The van der Waals surface area contributed by atoms with E-state index < -0.39 is 0 Å². The van der Waals surface area contributed by atoms with Crippen molar-refractivity contribution in [1.29, 1.82) is 0 Å². The lowest BCUT2D eigenvalue weighted by Gasteiger charge is -2.15. The van der Waals surface area contributed by atoms with E-state index in [1.54, 1.807) is 17.1 Å². The van der Waals surface area contributed by atoms with Crippen LogP contribution in [0, 0.1) is 0 Å². The Balaban J connectivity index is 1.64. The van der Waals surface area contributed by atoms with E-state index in [0.717, 1.165) is 17.1 Å². The van der Waals surface area contributed by atoms with E-state index in [0.29, 0.717) is 0 Å². The van der Waals surface area contributed by atoms with Crippen molar-refractivity contribution in [2.45, 2.75) is 6.04 Å². The Hall–Kier alpha value is -3.60. The van der Waals surface area contributed by atoms with E-state index in [2.05, 4.69) is 22.3 Å². The summed E-state index contributed by atoms with van der Waals surface area (Å²) in [6.45, 7) is 0. The smallest absolute Gasteiger partial charge is 0.127 e. The monoisotopic (exact) mass is 342 g/mol. The van der Waals surface area contributed by atoms with Crippen LogP contribution in [0.5, 0.6) is 11.5 Å². The Morgan fingerprint density at radius 3 is 2.38 bits per heavy atom. The molecule has 4 aromatic rings. The Morgan fingerprint density at radius 2 is 1.62 bits per heavy atom. The lowest BCUT2D eigenvalue weighted by molar-refractivity contribution is 0.480. The maximum absolute atomic E-state index is 5.97. The molecule has 5 nitrogen and oxygen atoms in total. The van der Waals surface area contributed by atoms with Crippen LogP contribution in [-0.4, -0.2) is 19.6 Å². The molecular weight excluding hydrogens is 324 g/mol. The number of benzene rings is 2. The molecule has 2 heterocycles.